The lowest BCUT2D eigenvalue weighted by Crippen LogP contribution is -2.20. The van der Waals surface area contributed by atoms with E-state index in [-0.39, 0.29) is 24.2 Å². The molecular weight excluding hydrogens is 374 g/mol. The predicted molar refractivity (Wildman–Crippen MR) is 109 cm³/mol. The van der Waals surface area contributed by atoms with Gasteiger partial charge in [-0.2, -0.15) is 8.78 Å². The Morgan fingerprint density at radius 2 is 1.69 bits per heavy atom. The summed E-state index contributed by atoms with van der Waals surface area (Å²) in [6.07, 6.45) is 7.51. The summed E-state index contributed by atoms with van der Waals surface area (Å²) in [7, 11) is 1.29. The maximum Gasteiger partial charge on any atom is 0.204 e. The summed E-state index contributed by atoms with van der Waals surface area (Å²) in [5.74, 6) is -1.66. The summed E-state index contributed by atoms with van der Waals surface area (Å²) in [6.45, 7) is 3.23. The predicted octanol–water partition coefficient (Wildman–Crippen LogP) is 6.60. The van der Waals surface area contributed by atoms with Crippen LogP contribution in [-0.4, -0.2) is 13.7 Å². The van der Waals surface area contributed by atoms with E-state index in [2.05, 4.69) is 6.92 Å². The second-order valence-electron chi connectivity index (χ2n) is 7.69. The van der Waals surface area contributed by atoms with Crippen molar-refractivity contribution in [3.05, 3.63) is 59.2 Å². The van der Waals surface area contributed by atoms with Crippen LogP contribution in [0.1, 0.15) is 62.7 Å². The van der Waals surface area contributed by atoms with Crippen molar-refractivity contribution in [2.75, 3.05) is 13.7 Å². The fraction of sp³-hybridized carbons (Fsp3) is 0.500. The van der Waals surface area contributed by atoms with Gasteiger partial charge >= 0.3 is 0 Å². The first-order chi connectivity index (χ1) is 14.1. The zero-order valence-corrected chi connectivity index (χ0v) is 17.3. The Kier molecular flexibility index (Phi) is 7.87. The molecule has 1 heterocycles. The Morgan fingerprint density at radius 1 is 0.966 bits per heavy atom. The maximum atomic E-state index is 14.0. The van der Waals surface area contributed by atoms with Crippen LogP contribution in [0.2, 0.25) is 0 Å². The van der Waals surface area contributed by atoms with E-state index >= 15 is 0 Å². The van der Waals surface area contributed by atoms with Crippen LogP contribution in [0.15, 0.2) is 36.4 Å². The highest BCUT2D eigenvalue weighted by atomic mass is 19.2. The summed E-state index contributed by atoms with van der Waals surface area (Å²) >= 11 is 0. The van der Waals surface area contributed by atoms with Crippen molar-refractivity contribution in [2.45, 2.75) is 58.2 Å². The fourth-order valence-electron chi connectivity index (χ4n) is 3.75. The first kappa shape index (κ1) is 21.6. The van der Waals surface area contributed by atoms with E-state index in [1.807, 2.05) is 24.3 Å². The van der Waals surface area contributed by atoms with Gasteiger partial charge in [-0.15, -0.1) is 0 Å². The third-order valence-corrected chi connectivity index (χ3v) is 5.56. The van der Waals surface area contributed by atoms with Gasteiger partial charge in [-0.05, 0) is 48.4 Å². The lowest BCUT2D eigenvalue weighted by molar-refractivity contribution is -0.0198. The van der Waals surface area contributed by atoms with Crippen molar-refractivity contribution >= 4 is 0 Å². The van der Waals surface area contributed by atoms with Gasteiger partial charge in [-0.1, -0.05) is 50.5 Å². The van der Waals surface area contributed by atoms with Gasteiger partial charge in [0, 0.05) is 0 Å². The number of halogens is 2. The van der Waals surface area contributed by atoms with Crippen LogP contribution in [0.25, 0.3) is 0 Å². The van der Waals surface area contributed by atoms with Gasteiger partial charge in [0.05, 0.1) is 19.8 Å². The van der Waals surface area contributed by atoms with E-state index in [1.54, 1.807) is 0 Å². The fourth-order valence-corrected chi connectivity index (χ4v) is 3.75. The van der Waals surface area contributed by atoms with E-state index in [0.717, 1.165) is 24.2 Å². The van der Waals surface area contributed by atoms with Gasteiger partial charge in [-0.3, -0.25) is 0 Å². The minimum Gasteiger partial charge on any atom is -0.494 e. The molecule has 0 aromatic heterocycles. The van der Waals surface area contributed by atoms with Gasteiger partial charge in [-0.25, -0.2) is 0 Å². The van der Waals surface area contributed by atoms with Crippen molar-refractivity contribution in [1.82, 2.24) is 0 Å². The molecule has 3 nitrogen and oxygen atoms in total. The smallest absolute Gasteiger partial charge is 0.204 e. The summed E-state index contributed by atoms with van der Waals surface area (Å²) < 4.78 is 44.1. The van der Waals surface area contributed by atoms with Crippen LogP contribution in [0.5, 0.6) is 11.5 Å². The topological polar surface area (TPSA) is 27.7 Å². The number of methoxy groups -OCH3 is 1. The monoisotopic (exact) mass is 404 g/mol. The molecule has 0 radical (unpaired) electrons. The Bertz CT molecular complexity index is 768. The molecule has 5 heteroatoms. The van der Waals surface area contributed by atoms with Crippen LogP contribution in [0.3, 0.4) is 0 Å². The van der Waals surface area contributed by atoms with Gasteiger partial charge in [0.15, 0.2) is 11.5 Å². The zero-order chi connectivity index (χ0) is 20.6. The molecule has 0 N–H and O–H groups in total. The molecule has 2 aromatic carbocycles. The second-order valence-corrected chi connectivity index (χ2v) is 7.69. The highest BCUT2D eigenvalue weighted by Crippen LogP contribution is 2.33. The van der Waals surface area contributed by atoms with Crippen LogP contribution in [0.4, 0.5) is 8.78 Å². The van der Waals surface area contributed by atoms with E-state index in [9.17, 15) is 8.78 Å². The van der Waals surface area contributed by atoms with Crippen molar-refractivity contribution in [3.63, 3.8) is 0 Å². The average Bonchev–Trinajstić information content (AvgIpc) is 2.76. The molecule has 158 valence electrons. The summed E-state index contributed by atoms with van der Waals surface area (Å²) in [4.78, 5) is 0. The van der Waals surface area contributed by atoms with Crippen LogP contribution >= 0.6 is 0 Å². The lowest BCUT2D eigenvalue weighted by Gasteiger charge is -2.29. The minimum atomic E-state index is -1.04. The van der Waals surface area contributed by atoms with E-state index in [1.165, 1.54) is 51.3 Å². The summed E-state index contributed by atoms with van der Waals surface area (Å²) in [6, 6.07) is 10.7. The number of rotatable bonds is 9. The Morgan fingerprint density at radius 3 is 2.34 bits per heavy atom. The van der Waals surface area contributed by atoms with E-state index < -0.39 is 11.6 Å². The normalized spacial score (nSPS) is 19.2. The molecule has 1 aliphatic heterocycles. The molecule has 2 atom stereocenters. The third kappa shape index (κ3) is 5.69. The van der Waals surface area contributed by atoms with Gasteiger partial charge in [0.25, 0.3) is 0 Å². The number of hydrogen-bond acceptors (Lipinski definition) is 3. The first-order valence-corrected chi connectivity index (χ1v) is 10.5. The molecule has 1 saturated heterocycles. The number of ether oxygens (including phenoxy) is 3. The average molecular weight is 404 g/mol. The summed E-state index contributed by atoms with van der Waals surface area (Å²) in [5, 5.41) is 0. The number of hydrogen-bond donors (Lipinski definition) is 0. The Balaban J connectivity index is 1.50. The molecule has 0 bridgehead atoms. The molecule has 0 aliphatic carbocycles. The van der Waals surface area contributed by atoms with Crippen LogP contribution in [0, 0.1) is 17.6 Å². The largest absolute Gasteiger partial charge is 0.494 e. The standard InChI is InChI=1S/C24H30F2O3/c1-3-4-5-6-17-9-12-20(28-15-17)19-10-7-18(8-11-19)16-29-22-14-13-21(27-2)23(25)24(22)26/h7-8,10-11,13-14,17,20H,3-6,9,12,15-16H2,1-2H3. The molecular formula is C24H30F2O3. The van der Waals surface area contributed by atoms with Crippen molar-refractivity contribution in [2.24, 2.45) is 5.92 Å². The molecule has 1 fully saturated rings. The van der Waals surface area contributed by atoms with Crippen molar-refractivity contribution < 1.29 is 23.0 Å². The molecule has 29 heavy (non-hydrogen) atoms. The third-order valence-electron chi connectivity index (χ3n) is 5.56. The van der Waals surface area contributed by atoms with Gasteiger partial charge in [0.1, 0.15) is 6.61 Å². The Hall–Kier alpha value is -2.14. The molecule has 3 rings (SSSR count). The number of unbranched alkanes of at least 4 members (excludes halogenated alkanes) is 2. The van der Waals surface area contributed by atoms with Crippen molar-refractivity contribution in [1.29, 1.82) is 0 Å². The zero-order valence-electron chi connectivity index (χ0n) is 17.3. The highest BCUT2D eigenvalue weighted by Gasteiger charge is 2.22. The first-order valence-electron chi connectivity index (χ1n) is 10.5. The highest BCUT2D eigenvalue weighted by molar-refractivity contribution is 5.35. The minimum absolute atomic E-state index is 0.128. The summed E-state index contributed by atoms with van der Waals surface area (Å²) in [5.41, 5.74) is 2.04. The molecule has 2 unspecified atom stereocenters. The number of benzene rings is 2. The Labute approximate surface area is 172 Å². The molecule has 0 saturated carbocycles. The van der Waals surface area contributed by atoms with Gasteiger partial charge < -0.3 is 14.2 Å². The van der Waals surface area contributed by atoms with E-state index in [0.29, 0.717) is 5.92 Å². The lowest BCUT2D eigenvalue weighted by atomic mass is 9.91. The second kappa shape index (κ2) is 10.6. The molecule has 1 aliphatic rings. The van der Waals surface area contributed by atoms with Crippen molar-refractivity contribution in [3.8, 4) is 11.5 Å². The van der Waals surface area contributed by atoms with Gasteiger partial charge in [0.2, 0.25) is 11.6 Å². The molecule has 0 spiro atoms. The van der Waals surface area contributed by atoms with Crippen LogP contribution in [-0.2, 0) is 11.3 Å². The quantitative estimate of drug-likeness (QED) is 0.441. The maximum absolute atomic E-state index is 14.0. The van der Waals surface area contributed by atoms with Crippen LogP contribution < -0.4 is 9.47 Å². The van der Waals surface area contributed by atoms with E-state index in [4.69, 9.17) is 14.2 Å². The SMILES string of the molecule is CCCCCC1CCC(c2ccc(COc3ccc(OC)c(F)c3F)cc2)OC1. The molecule has 2 aromatic rings. The molecule has 0 amide bonds.